The van der Waals surface area contributed by atoms with Gasteiger partial charge in [0.1, 0.15) is 18.4 Å². The lowest BCUT2D eigenvalue weighted by Gasteiger charge is -2.13. The van der Waals surface area contributed by atoms with Crippen LogP contribution in [-0.4, -0.2) is 24.1 Å². The highest BCUT2D eigenvalue weighted by molar-refractivity contribution is 9.10. The van der Waals surface area contributed by atoms with Gasteiger partial charge in [-0.05, 0) is 53.2 Å². The maximum Gasteiger partial charge on any atom is 0.262 e. The van der Waals surface area contributed by atoms with Gasteiger partial charge in [0, 0.05) is 15.6 Å². The van der Waals surface area contributed by atoms with Gasteiger partial charge in [0.05, 0.1) is 23.4 Å². The number of hydrogen-bond acceptors (Lipinski definition) is 5. The van der Waals surface area contributed by atoms with Crippen LogP contribution < -0.4 is 15.5 Å². The molecule has 1 unspecified atom stereocenters. The molecule has 2 N–H and O–H groups in total. The van der Waals surface area contributed by atoms with E-state index in [0.717, 1.165) is 5.56 Å². The molecule has 3 aromatic carbocycles. The van der Waals surface area contributed by atoms with Crippen LogP contribution in [0.4, 0.5) is 0 Å². The third kappa shape index (κ3) is 6.51. The van der Waals surface area contributed by atoms with E-state index in [4.69, 9.17) is 4.74 Å². The van der Waals surface area contributed by atoms with Crippen LogP contribution in [0.5, 0.6) is 5.75 Å². The summed E-state index contributed by atoms with van der Waals surface area (Å²) in [5, 5.41) is 15.9. The summed E-state index contributed by atoms with van der Waals surface area (Å²) >= 11 is 3.32. The van der Waals surface area contributed by atoms with Crippen molar-refractivity contribution in [2.45, 2.75) is 19.6 Å². The molecular weight excluding hydrogens is 484 g/mol. The number of hydrazone groups is 1. The lowest BCUT2D eigenvalue weighted by atomic mass is 10.1. The Morgan fingerprint density at radius 2 is 1.79 bits per heavy atom. The molecule has 0 saturated heterocycles. The zero-order valence-electron chi connectivity index (χ0n) is 17.8. The van der Waals surface area contributed by atoms with E-state index < -0.39 is 11.9 Å². The summed E-state index contributed by atoms with van der Waals surface area (Å²) in [6, 6.07) is 22.7. The molecule has 3 rings (SSSR count). The van der Waals surface area contributed by atoms with Gasteiger partial charge in [-0.15, -0.1) is 0 Å². The van der Waals surface area contributed by atoms with Crippen molar-refractivity contribution in [1.29, 1.82) is 5.26 Å². The van der Waals surface area contributed by atoms with E-state index in [1.807, 2.05) is 24.3 Å². The molecule has 0 saturated carbocycles. The number of carbonyl (C=O) groups is 2. The molecule has 166 valence electrons. The number of benzene rings is 3. The van der Waals surface area contributed by atoms with Crippen molar-refractivity contribution in [2.24, 2.45) is 5.10 Å². The van der Waals surface area contributed by atoms with Gasteiger partial charge < -0.3 is 10.1 Å². The quantitative estimate of drug-likeness (QED) is 0.354. The first kappa shape index (κ1) is 23.7. The number of nitrogens with one attached hydrogen (secondary N) is 2. The van der Waals surface area contributed by atoms with Crippen molar-refractivity contribution in [1.82, 2.24) is 10.7 Å². The first-order valence-corrected chi connectivity index (χ1v) is 10.9. The zero-order chi connectivity index (χ0) is 23.6. The Kier molecular flexibility index (Phi) is 8.33. The van der Waals surface area contributed by atoms with Crippen LogP contribution in [-0.2, 0) is 11.4 Å². The topological polar surface area (TPSA) is 104 Å². The summed E-state index contributed by atoms with van der Waals surface area (Å²) in [5.41, 5.74) is 4.84. The number of halogens is 1. The molecule has 0 radical (unpaired) electrons. The Balaban J connectivity index is 1.59. The van der Waals surface area contributed by atoms with Gasteiger partial charge in [-0.25, -0.2) is 5.43 Å². The third-order valence-electron chi connectivity index (χ3n) is 4.68. The Hall–Kier alpha value is -3.96. The molecule has 0 heterocycles. The van der Waals surface area contributed by atoms with E-state index >= 15 is 0 Å². The van der Waals surface area contributed by atoms with Crippen LogP contribution in [0.25, 0.3) is 0 Å². The molecule has 0 aliphatic carbocycles. The van der Waals surface area contributed by atoms with Crippen LogP contribution in [0, 0.1) is 11.3 Å². The predicted molar refractivity (Wildman–Crippen MR) is 129 cm³/mol. The van der Waals surface area contributed by atoms with Gasteiger partial charge in [-0.2, -0.15) is 10.4 Å². The van der Waals surface area contributed by atoms with E-state index in [2.05, 4.69) is 37.8 Å². The van der Waals surface area contributed by atoms with E-state index in [0.29, 0.717) is 26.9 Å². The highest BCUT2D eigenvalue weighted by Crippen LogP contribution is 2.19. The van der Waals surface area contributed by atoms with Crippen LogP contribution >= 0.6 is 15.9 Å². The number of hydrogen-bond donors (Lipinski definition) is 2. The first-order chi connectivity index (χ1) is 16.0. The summed E-state index contributed by atoms with van der Waals surface area (Å²) in [6.45, 7) is 1.79. The summed E-state index contributed by atoms with van der Waals surface area (Å²) in [4.78, 5) is 24.7. The molecule has 3 aromatic rings. The largest absolute Gasteiger partial charge is 0.488 e. The van der Waals surface area contributed by atoms with Gasteiger partial charge in [0.25, 0.3) is 11.8 Å². The zero-order valence-corrected chi connectivity index (χ0v) is 19.4. The van der Waals surface area contributed by atoms with Crippen LogP contribution in [0.2, 0.25) is 0 Å². The second kappa shape index (κ2) is 11.6. The summed E-state index contributed by atoms with van der Waals surface area (Å²) < 4.78 is 6.51. The van der Waals surface area contributed by atoms with Crippen LogP contribution in [0.15, 0.2) is 82.4 Å². The van der Waals surface area contributed by atoms with Crippen LogP contribution in [0.3, 0.4) is 0 Å². The minimum absolute atomic E-state index is 0.221. The first-order valence-electron chi connectivity index (χ1n) is 10.1. The van der Waals surface area contributed by atoms with Crippen LogP contribution in [0.1, 0.15) is 34.0 Å². The van der Waals surface area contributed by atoms with Gasteiger partial charge in [-0.3, -0.25) is 9.59 Å². The molecule has 7 nitrogen and oxygen atoms in total. The Morgan fingerprint density at radius 1 is 1.09 bits per heavy atom. The maximum absolute atomic E-state index is 12.4. The van der Waals surface area contributed by atoms with E-state index in [-0.39, 0.29) is 12.5 Å². The fourth-order valence-electron chi connectivity index (χ4n) is 2.88. The molecule has 2 amide bonds. The van der Waals surface area contributed by atoms with Gasteiger partial charge in [0.2, 0.25) is 0 Å². The Morgan fingerprint density at radius 3 is 2.58 bits per heavy atom. The fraction of sp³-hybridized carbons (Fsp3) is 0.120. The SMILES string of the molecule is CC(NC(=O)c1ccccc1Br)C(=O)NN=Cc1ccccc1OCc1ccccc1C#N. The lowest BCUT2D eigenvalue weighted by molar-refractivity contribution is -0.122. The molecular formula is C25H21BrN4O3. The van der Waals surface area contributed by atoms with Crippen molar-refractivity contribution in [3.63, 3.8) is 0 Å². The minimum atomic E-state index is -0.796. The molecule has 0 aliphatic heterocycles. The predicted octanol–water partition coefficient (Wildman–Crippen LogP) is 4.17. The standard InChI is InChI=1S/C25H21BrN4O3/c1-17(29-25(32)21-11-5-6-12-22(21)26)24(31)30-28-15-19-9-4-7-13-23(19)33-16-20-10-3-2-8-18(20)14-27/h2-13,15,17H,16H2,1H3,(H,29,32)(H,30,31). The highest BCUT2D eigenvalue weighted by Gasteiger charge is 2.17. The molecule has 0 bridgehead atoms. The van der Waals surface area contributed by atoms with E-state index in [1.165, 1.54) is 6.21 Å². The fourth-order valence-corrected chi connectivity index (χ4v) is 3.34. The monoisotopic (exact) mass is 504 g/mol. The summed E-state index contributed by atoms with van der Waals surface area (Å²) in [7, 11) is 0. The third-order valence-corrected chi connectivity index (χ3v) is 5.37. The highest BCUT2D eigenvalue weighted by atomic mass is 79.9. The Labute approximate surface area is 200 Å². The van der Waals surface area contributed by atoms with Crippen molar-refractivity contribution < 1.29 is 14.3 Å². The molecule has 0 fully saturated rings. The number of carbonyl (C=O) groups excluding carboxylic acids is 2. The molecule has 0 aliphatic rings. The maximum atomic E-state index is 12.4. The second-order valence-electron chi connectivity index (χ2n) is 7.00. The van der Waals surface area contributed by atoms with Crippen molar-refractivity contribution in [2.75, 3.05) is 0 Å². The average molecular weight is 505 g/mol. The molecule has 1 atom stereocenters. The lowest BCUT2D eigenvalue weighted by Crippen LogP contribution is -2.43. The smallest absolute Gasteiger partial charge is 0.262 e. The average Bonchev–Trinajstić information content (AvgIpc) is 2.83. The van der Waals surface area contributed by atoms with Crippen molar-refractivity contribution in [3.8, 4) is 11.8 Å². The number of nitrogens with zero attached hydrogens (tertiary/aromatic N) is 2. The number of para-hydroxylation sites is 1. The van der Waals surface area contributed by atoms with Gasteiger partial charge >= 0.3 is 0 Å². The van der Waals surface area contributed by atoms with Gasteiger partial charge in [-0.1, -0.05) is 42.5 Å². The number of rotatable bonds is 8. The van der Waals surface area contributed by atoms with Crippen molar-refractivity contribution >= 4 is 34.0 Å². The Bertz CT molecular complexity index is 1220. The molecule has 0 spiro atoms. The van der Waals surface area contributed by atoms with E-state index in [9.17, 15) is 14.9 Å². The summed E-state index contributed by atoms with van der Waals surface area (Å²) in [5.74, 6) is -0.281. The second-order valence-corrected chi connectivity index (χ2v) is 7.86. The molecule has 8 heteroatoms. The molecule has 0 aromatic heterocycles. The minimum Gasteiger partial charge on any atom is -0.488 e. The normalized spacial score (nSPS) is 11.4. The van der Waals surface area contributed by atoms with E-state index in [1.54, 1.807) is 55.5 Å². The summed E-state index contributed by atoms with van der Waals surface area (Å²) in [6.07, 6.45) is 1.46. The molecule has 33 heavy (non-hydrogen) atoms. The number of ether oxygens (including phenoxy) is 1. The number of nitriles is 1. The van der Waals surface area contributed by atoms with Gasteiger partial charge in [0.15, 0.2) is 0 Å². The number of amides is 2. The van der Waals surface area contributed by atoms with Crippen molar-refractivity contribution in [3.05, 3.63) is 99.5 Å².